The van der Waals surface area contributed by atoms with Crippen LogP contribution in [0, 0.1) is 5.92 Å². The van der Waals surface area contributed by atoms with Crippen molar-refractivity contribution in [3.05, 3.63) is 28.2 Å². The van der Waals surface area contributed by atoms with Gasteiger partial charge >= 0.3 is 0 Å². The van der Waals surface area contributed by atoms with Crippen molar-refractivity contribution in [2.24, 2.45) is 11.7 Å². The molecule has 0 amide bonds. The summed E-state index contributed by atoms with van der Waals surface area (Å²) in [4.78, 5) is 0. The molecule has 2 N–H and O–H groups in total. The molecule has 2 unspecified atom stereocenters. The number of halogens is 1. The van der Waals surface area contributed by atoms with E-state index in [4.69, 9.17) is 10.5 Å². The number of hydrogen-bond donors (Lipinski definition) is 1. The Balaban J connectivity index is 1.99. The molecule has 0 spiro atoms. The molecule has 92 valence electrons. The van der Waals surface area contributed by atoms with Gasteiger partial charge in [-0.15, -0.1) is 0 Å². The van der Waals surface area contributed by atoms with Gasteiger partial charge in [-0.3, -0.25) is 0 Å². The van der Waals surface area contributed by atoms with Crippen LogP contribution in [0.25, 0.3) is 0 Å². The minimum atomic E-state index is 0.000244. The second-order valence-corrected chi connectivity index (χ2v) is 6.20. The topological polar surface area (TPSA) is 35.2 Å². The van der Waals surface area contributed by atoms with E-state index in [0.29, 0.717) is 0 Å². The van der Waals surface area contributed by atoms with Gasteiger partial charge in [0.05, 0.1) is 0 Å². The third-order valence-corrected chi connectivity index (χ3v) is 4.66. The van der Waals surface area contributed by atoms with E-state index >= 15 is 0 Å². The maximum Gasteiger partial charge on any atom is 0.125 e. The van der Waals surface area contributed by atoms with E-state index in [-0.39, 0.29) is 11.6 Å². The van der Waals surface area contributed by atoms with Gasteiger partial charge in [0.15, 0.2) is 0 Å². The summed E-state index contributed by atoms with van der Waals surface area (Å²) < 4.78 is 7.39. The molecule has 1 fully saturated rings. The lowest BCUT2D eigenvalue weighted by Gasteiger charge is -2.41. The van der Waals surface area contributed by atoms with Crippen molar-refractivity contribution in [3.8, 4) is 5.75 Å². The molecule has 2 aliphatic rings. The van der Waals surface area contributed by atoms with Gasteiger partial charge in [0.1, 0.15) is 11.4 Å². The molecule has 2 nitrogen and oxygen atoms in total. The Hall–Kier alpha value is -0.540. The van der Waals surface area contributed by atoms with Crippen molar-refractivity contribution < 1.29 is 4.74 Å². The molecular weight excluding hydrogens is 278 g/mol. The minimum Gasteiger partial charge on any atom is -0.487 e. The number of nitrogens with two attached hydrogens (primary N) is 1. The van der Waals surface area contributed by atoms with Crippen LogP contribution in [0.5, 0.6) is 5.75 Å². The lowest BCUT2D eigenvalue weighted by Crippen LogP contribution is -2.44. The first kappa shape index (κ1) is 11.5. The van der Waals surface area contributed by atoms with Crippen molar-refractivity contribution in [3.63, 3.8) is 0 Å². The summed E-state index contributed by atoms with van der Waals surface area (Å²) in [5, 5.41) is 0. The monoisotopic (exact) mass is 295 g/mol. The molecular formula is C14H18BrNO. The summed E-state index contributed by atoms with van der Waals surface area (Å²) in [5.41, 5.74) is 7.47. The summed E-state index contributed by atoms with van der Waals surface area (Å²) in [7, 11) is 0. The van der Waals surface area contributed by atoms with Crippen LogP contribution in [0.2, 0.25) is 0 Å². The predicted octanol–water partition coefficient (Wildman–Crippen LogP) is 3.79. The highest BCUT2D eigenvalue weighted by atomic mass is 79.9. The molecule has 0 aromatic heterocycles. The van der Waals surface area contributed by atoms with Crippen molar-refractivity contribution in [2.45, 2.75) is 44.2 Å². The number of ether oxygens (including phenoxy) is 1. The van der Waals surface area contributed by atoms with E-state index in [1.165, 1.54) is 12.8 Å². The van der Waals surface area contributed by atoms with Crippen LogP contribution in [0.15, 0.2) is 22.7 Å². The Morgan fingerprint density at radius 3 is 2.88 bits per heavy atom. The molecule has 1 heterocycles. The molecule has 0 radical (unpaired) electrons. The Labute approximate surface area is 111 Å². The third-order valence-electron chi connectivity index (χ3n) is 4.17. The van der Waals surface area contributed by atoms with Crippen molar-refractivity contribution in [2.75, 3.05) is 0 Å². The highest BCUT2D eigenvalue weighted by Gasteiger charge is 2.49. The number of hydrogen-bond acceptors (Lipinski definition) is 2. The van der Waals surface area contributed by atoms with Gasteiger partial charge in [-0.1, -0.05) is 22.9 Å². The van der Waals surface area contributed by atoms with Crippen molar-refractivity contribution in [1.29, 1.82) is 0 Å². The summed E-state index contributed by atoms with van der Waals surface area (Å²) in [5.74, 6) is 1.70. The third kappa shape index (κ3) is 1.89. The predicted molar refractivity (Wildman–Crippen MR) is 72.1 cm³/mol. The van der Waals surface area contributed by atoms with Crippen molar-refractivity contribution in [1.82, 2.24) is 0 Å². The fourth-order valence-electron chi connectivity index (χ4n) is 3.01. The van der Waals surface area contributed by atoms with Crippen LogP contribution in [0.1, 0.15) is 44.2 Å². The van der Waals surface area contributed by atoms with Crippen LogP contribution in [-0.2, 0) is 0 Å². The fraction of sp³-hybridized carbons (Fsp3) is 0.571. The van der Waals surface area contributed by atoms with Crippen LogP contribution in [-0.4, -0.2) is 5.60 Å². The Morgan fingerprint density at radius 1 is 1.47 bits per heavy atom. The summed E-state index contributed by atoms with van der Waals surface area (Å²) >= 11 is 3.49. The minimum absolute atomic E-state index is 0.000244. The fourth-order valence-corrected chi connectivity index (χ4v) is 3.39. The molecule has 17 heavy (non-hydrogen) atoms. The smallest absolute Gasteiger partial charge is 0.125 e. The molecule has 3 rings (SSSR count). The lowest BCUT2D eigenvalue weighted by molar-refractivity contribution is 0.0107. The summed E-state index contributed by atoms with van der Waals surface area (Å²) in [6.07, 6.45) is 4.61. The Morgan fingerprint density at radius 2 is 2.24 bits per heavy atom. The zero-order chi connectivity index (χ0) is 12.0. The molecule has 2 atom stereocenters. The van der Waals surface area contributed by atoms with Gasteiger partial charge in [0, 0.05) is 22.5 Å². The molecule has 1 saturated carbocycles. The van der Waals surface area contributed by atoms with Gasteiger partial charge in [-0.2, -0.15) is 0 Å². The van der Waals surface area contributed by atoms with Crippen LogP contribution in [0.3, 0.4) is 0 Å². The average molecular weight is 296 g/mol. The molecule has 1 aliphatic heterocycles. The zero-order valence-corrected chi connectivity index (χ0v) is 11.7. The second-order valence-electron chi connectivity index (χ2n) is 5.29. The second kappa shape index (κ2) is 3.99. The molecule has 1 aromatic carbocycles. The summed E-state index contributed by atoms with van der Waals surface area (Å²) in [6.45, 7) is 2.22. The van der Waals surface area contributed by atoms with Crippen molar-refractivity contribution >= 4 is 15.9 Å². The van der Waals surface area contributed by atoms with Gasteiger partial charge in [0.2, 0.25) is 0 Å². The van der Waals surface area contributed by atoms with Gasteiger partial charge in [0.25, 0.3) is 0 Å². The molecule has 1 aliphatic carbocycles. The van der Waals surface area contributed by atoms with Gasteiger partial charge in [-0.05, 0) is 43.4 Å². The highest BCUT2D eigenvalue weighted by Crippen LogP contribution is 2.51. The largest absolute Gasteiger partial charge is 0.487 e. The van der Waals surface area contributed by atoms with E-state index in [1.54, 1.807) is 0 Å². The van der Waals surface area contributed by atoms with Crippen LogP contribution < -0.4 is 10.5 Å². The normalized spacial score (nSPS) is 31.8. The van der Waals surface area contributed by atoms with E-state index in [1.807, 2.05) is 12.1 Å². The first-order valence-electron chi connectivity index (χ1n) is 6.38. The first-order valence-corrected chi connectivity index (χ1v) is 7.18. The molecule has 0 saturated heterocycles. The highest BCUT2D eigenvalue weighted by molar-refractivity contribution is 9.10. The first-order chi connectivity index (χ1) is 8.14. The van der Waals surface area contributed by atoms with Gasteiger partial charge in [-0.25, -0.2) is 0 Å². The average Bonchev–Trinajstić information content (AvgIpc) is 3.14. The quantitative estimate of drug-likeness (QED) is 0.901. The van der Waals surface area contributed by atoms with E-state index in [0.717, 1.165) is 34.5 Å². The number of rotatable bonds is 2. The summed E-state index contributed by atoms with van der Waals surface area (Å²) in [6, 6.07) is 6.28. The number of benzene rings is 1. The maximum atomic E-state index is 6.33. The molecule has 3 heteroatoms. The maximum absolute atomic E-state index is 6.33. The SMILES string of the molecule is CCC1(C2CC2)CC(N)c2cc(Br)ccc2O1. The molecule has 1 aromatic rings. The van der Waals surface area contributed by atoms with Crippen LogP contribution >= 0.6 is 15.9 Å². The molecule has 0 bridgehead atoms. The lowest BCUT2D eigenvalue weighted by atomic mass is 9.82. The van der Waals surface area contributed by atoms with Gasteiger partial charge < -0.3 is 10.5 Å². The standard InChI is InChI=1S/C14H18BrNO/c1-2-14(9-3-4-9)8-12(16)11-7-10(15)5-6-13(11)17-14/h5-7,9,12H,2-4,8,16H2,1H3. The van der Waals surface area contributed by atoms with E-state index < -0.39 is 0 Å². The number of fused-ring (bicyclic) bond motifs is 1. The Bertz CT molecular complexity index is 444. The van der Waals surface area contributed by atoms with Crippen LogP contribution in [0.4, 0.5) is 0 Å². The zero-order valence-electron chi connectivity index (χ0n) is 10.1. The Kier molecular flexibility index (Phi) is 2.71. The van der Waals surface area contributed by atoms with E-state index in [9.17, 15) is 0 Å². The van der Waals surface area contributed by atoms with E-state index in [2.05, 4.69) is 28.9 Å².